The van der Waals surface area contributed by atoms with E-state index in [1.165, 1.54) is 18.2 Å². The third kappa shape index (κ3) is 6.35. The van der Waals surface area contributed by atoms with Crippen LogP contribution in [0, 0.1) is 18.3 Å². The Morgan fingerprint density at radius 3 is 2.49 bits per heavy atom. The van der Waals surface area contributed by atoms with Crippen molar-refractivity contribution in [3.63, 3.8) is 0 Å². The Morgan fingerprint density at radius 2 is 1.83 bits per heavy atom. The fraction of sp³-hybridized carbons (Fsp3) is 0.577. The number of aliphatic hydroxyl groups is 1. The first-order chi connectivity index (χ1) is 19.3. The van der Waals surface area contributed by atoms with E-state index in [2.05, 4.69) is 20.0 Å². The third-order valence-corrected chi connectivity index (χ3v) is 9.35. The van der Waals surface area contributed by atoms with E-state index >= 15 is 0 Å². The number of alkyl halides is 4. The van der Waals surface area contributed by atoms with Gasteiger partial charge in [0.2, 0.25) is 22.4 Å². The maximum absolute atomic E-state index is 13.7. The van der Waals surface area contributed by atoms with Crippen molar-refractivity contribution in [2.45, 2.75) is 45.0 Å². The van der Waals surface area contributed by atoms with Crippen LogP contribution in [0.5, 0.6) is 0 Å². The number of rotatable bonds is 9. The number of piperidine rings is 2. The predicted molar refractivity (Wildman–Crippen MR) is 145 cm³/mol. The minimum Gasteiger partial charge on any atom is -0.395 e. The van der Waals surface area contributed by atoms with Crippen molar-refractivity contribution in [1.82, 2.24) is 9.97 Å². The van der Waals surface area contributed by atoms with Gasteiger partial charge in [-0.25, -0.2) is 31.0 Å². The summed E-state index contributed by atoms with van der Waals surface area (Å²) in [5.74, 6) is -3.69. The number of halogens is 4. The Bertz CT molecular complexity index is 1420. The number of hydrogen-bond donors (Lipinski definition) is 3. The number of aromatic nitrogens is 2. The largest absolute Gasteiger partial charge is 0.395 e. The number of carbonyl (C=O) groups excluding carboxylic acids is 1. The van der Waals surface area contributed by atoms with Gasteiger partial charge < -0.3 is 20.2 Å². The van der Waals surface area contributed by atoms with Crippen molar-refractivity contribution >= 4 is 39.1 Å². The van der Waals surface area contributed by atoms with E-state index < -0.39 is 46.1 Å². The number of aryl methyl sites for hydroxylation is 1. The smallest absolute Gasteiger partial charge is 0.258 e. The molecule has 0 bridgehead atoms. The third-order valence-electron chi connectivity index (χ3n) is 8.08. The molecule has 1 aromatic heterocycles. The number of nitrogens with zero attached hydrogens (tertiary/aromatic N) is 4. The highest BCUT2D eigenvalue weighted by Crippen LogP contribution is 2.61. The molecule has 3 heterocycles. The number of benzene rings is 1. The standard InChI is InChI=1S/C26H32F4N6O4S/c1-16-12-21(33-24(31-16)35-8-5-26(29,30)6-9-35)32-22(38)19-3-2-18(34-41(39,40)11-10-37)13-20(19)36-7-4-25(23(27)28)14-17(25)15-36/h2-3,12-13,17,23,34,37H,4-11,14-15H2,1H3,(H,31,32,33,38)/t17-,25+/m1/s1. The normalized spacial score (nSPS) is 23.7. The van der Waals surface area contributed by atoms with Crippen molar-refractivity contribution in [2.75, 3.05) is 58.4 Å². The Morgan fingerprint density at radius 1 is 1.12 bits per heavy atom. The molecular weight excluding hydrogens is 568 g/mol. The lowest BCUT2D eigenvalue weighted by Gasteiger charge is -2.34. The van der Waals surface area contributed by atoms with Crippen LogP contribution in [-0.2, 0) is 10.0 Å². The van der Waals surface area contributed by atoms with Crippen LogP contribution in [0.2, 0.25) is 0 Å². The maximum atomic E-state index is 13.7. The first-order valence-corrected chi connectivity index (χ1v) is 15.0. The highest BCUT2D eigenvalue weighted by atomic mass is 32.2. The number of fused-ring (bicyclic) bond motifs is 1. The summed E-state index contributed by atoms with van der Waals surface area (Å²) in [6.07, 6.45) is -2.46. The number of anilines is 4. The fourth-order valence-electron chi connectivity index (χ4n) is 5.62. The van der Waals surface area contributed by atoms with Crippen molar-refractivity contribution in [1.29, 1.82) is 0 Å². The molecule has 1 aromatic carbocycles. The number of amides is 1. The van der Waals surface area contributed by atoms with Gasteiger partial charge in [0.1, 0.15) is 5.82 Å². The quantitative estimate of drug-likeness (QED) is 0.374. The number of carbonyl (C=O) groups is 1. The van der Waals surface area contributed by atoms with Crippen LogP contribution >= 0.6 is 0 Å². The number of hydrogen-bond acceptors (Lipinski definition) is 8. The Labute approximate surface area is 235 Å². The zero-order valence-corrected chi connectivity index (χ0v) is 23.2. The van der Waals surface area contributed by atoms with Gasteiger partial charge in [-0.3, -0.25) is 9.52 Å². The maximum Gasteiger partial charge on any atom is 0.258 e. The van der Waals surface area contributed by atoms with E-state index in [1.807, 2.05) is 4.90 Å². The molecular formula is C26H32F4N6O4S. The molecule has 0 radical (unpaired) electrons. The minimum atomic E-state index is -3.85. The average molecular weight is 601 g/mol. The molecule has 15 heteroatoms. The Kier molecular flexibility index (Phi) is 7.78. The molecule has 10 nitrogen and oxygen atoms in total. The minimum absolute atomic E-state index is 0.0673. The molecule has 5 rings (SSSR count). The van der Waals surface area contributed by atoms with Crippen molar-refractivity contribution in [3.8, 4) is 0 Å². The van der Waals surface area contributed by atoms with E-state index in [9.17, 15) is 30.8 Å². The van der Waals surface area contributed by atoms with Crippen molar-refractivity contribution in [2.24, 2.45) is 11.3 Å². The molecule has 3 aliphatic rings. The van der Waals surface area contributed by atoms with Crippen LogP contribution in [0.4, 0.5) is 40.7 Å². The molecule has 41 heavy (non-hydrogen) atoms. The SMILES string of the molecule is Cc1cc(NC(=O)c2ccc(NS(=O)(=O)CCO)cc2N2CC[C@]3(C(F)F)C[C@@H]3C2)nc(N2CCC(F)(F)CC2)n1. The lowest BCUT2D eigenvalue weighted by molar-refractivity contribution is -0.0222. The lowest BCUT2D eigenvalue weighted by Crippen LogP contribution is -2.40. The van der Waals surface area contributed by atoms with Gasteiger partial charge in [0.05, 0.1) is 29.3 Å². The summed E-state index contributed by atoms with van der Waals surface area (Å²) < 4.78 is 81.4. The molecule has 1 aliphatic carbocycles. The molecule has 2 aromatic rings. The molecule has 1 saturated carbocycles. The zero-order chi connectivity index (χ0) is 29.6. The van der Waals surface area contributed by atoms with Gasteiger partial charge in [0.15, 0.2) is 0 Å². The molecule has 0 spiro atoms. The average Bonchev–Trinajstić information content (AvgIpc) is 3.63. The van der Waals surface area contributed by atoms with Crippen molar-refractivity contribution in [3.05, 3.63) is 35.5 Å². The first-order valence-electron chi connectivity index (χ1n) is 13.4. The first kappa shape index (κ1) is 29.3. The zero-order valence-electron chi connectivity index (χ0n) is 22.4. The Hall–Kier alpha value is -3.20. The van der Waals surface area contributed by atoms with E-state index in [1.54, 1.807) is 17.9 Å². The van der Waals surface area contributed by atoms with Gasteiger partial charge >= 0.3 is 0 Å². The summed E-state index contributed by atoms with van der Waals surface area (Å²) in [5.41, 5.74) is 0.214. The van der Waals surface area contributed by atoms with E-state index in [-0.39, 0.29) is 74.4 Å². The van der Waals surface area contributed by atoms with Crippen LogP contribution in [0.15, 0.2) is 24.3 Å². The van der Waals surface area contributed by atoms with Crippen LogP contribution in [0.3, 0.4) is 0 Å². The molecule has 1 amide bonds. The highest BCUT2D eigenvalue weighted by Gasteiger charge is 2.62. The summed E-state index contributed by atoms with van der Waals surface area (Å²) in [6.45, 7) is 1.79. The molecule has 2 aliphatic heterocycles. The van der Waals surface area contributed by atoms with Gasteiger partial charge in [-0.05, 0) is 43.9 Å². The van der Waals surface area contributed by atoms with Gasteiger partial charge in [-0.15, -0.1) is 0 Å². The van der Waals surface area contributed by atoms with Crippen LogP contribution < -0.4 is 19.8 Å². The molecule has 2 atom stereocenters. The second-order valence-electron chi connectivity index (χ2n) is 11.0. The summed E-state index contributed by atoms with van der Waals surface area (Å²) >= 11 is 0. The number of aliphatic hydroxyl groups excluding tert-OH is 1. The van der Waals surface area contributed by atoms with Crippen LogP contribution in [-0.4, -0.2) is 80.3 Å². The topological polar surface area (TPSA) is 128 Å². The second kappa shape index (κ2) is 10.9. The van der Waals surface area contributed by atoms with Gasteiger partial charge in [0.25, 0.3) is 11.8 Å². The fourth-order valence-corrected chi connectivity index (χ4v) is 6.45. The molecule has 3 N–H and O–H groups in total. The van der Waals surface area contributed by atoms with Crippen LogP contribution in [0.1, 0.15) is 41.7 Å². The molecule has 224 valence electrons. The van der Waals surface area contributed by atoms with Gasteiger partial charge in [-0.1, -0.05) is 0 Å². The monoisotopic (exact) mass is 600 g/mol. The van der Waals surface area contributed by atoms with Crippen LogP contribution in [0.25, 0.3) is 0 Å². The van der Waals surface area contributed by atoms with E-state index in [0.29, 0.717) is 17.8 Å². The van der Waals surface area contributed by atoms with E-state index in [4.69, 9.17) is 5.11 Å². The predicted octanol–water partition coefficient (Wildman–Crippen LogP) is 3.49. The molecule has 2 saturated heterocycles. The summed E-state index contributed by atoms with van der Waals surface area (Å²) in [4.78, 5) is 25.7. The summed E-state index contributed by atoms with van der Waals surface area (Å²) in [5, 5.41) is 11.8. The molecule has 0 unspecified atom stereocenters. The van der Waals surface area contributed by atoms with Crippen molar-refractivity contribution < 1.29 is 35.9 Å². The second-order valence-corrected chi connectivity index (χ2v) is 12.8. The lowest BCUT2D eigenvalue weighted by atomic mass is 9.95. The number of nitrogens with one attached hydrogen (secondary N) is 2. The molecule has 3 fully saturated rings. The summed E-state index contributed by atoms with van der Waals surface area (Å²) in [7, 11) is -3.85. The number of sulfonamides is 1. The van der Waals surface area contributed by atoms with Gasteiger partial charge in [0, 0.05) is 56.2 Å². The summed E-state index contributed by atoms with van der Waals surface area (Å²) in [6, 6.07) is 5.86. The van der Waals surface area contributed by atoms with Gasteiger partial charge in [-0.2, -0.15) is 4.98 Å². The highest BCUT2D eigenvalue weighted by molar-refractivity contribution is 7.92. The van der Waals surface area contributed by atoms with E-state index in [0.717, 1.165) is 0 Å². The Balaban J connectivity index is 1.40.